The smallest absolute Gasteiger partial charge is 0.332 e. The second kappa shape index (κ2) is 10.5. The Balaban J connectivity index is 1.59. The van der Waals surface area contributed by atoms with Gasteiger partial charge >= 0.3 is 5.97 Å². The molecule has 0 aliphatic carbocycles. The molecular weight excluding hydrogens is 406 g/mol. The van der Waals surface area contributed by atoms with Crippen molar-refractivity contribution in [3.63, 3.8) is 0 Å². The maximum Gasteiger partial charge on any atom is 0.332 e. The lowest BCUT2D eigenvalue weighted by Gasteiger charge is -2.08. The molecule has 6 nitrogen and oxygen atoms in total. The van der Waals surface area contributed by atoms with Crippen LogP contribution in [0.3, 0.4) is 0 Å². The number of ketones is 2. The summed E-state index contributed by atoms with van der Waals surface area (Å²) in [6, 6.07) is 18.1. The van der Waals surface area contributed by atoms with E-state index in [1.807, 2.05) is 66.2 Å². The lowest BCUT2D eigenvalue weighted by atomic mass is 10.1. The Morgan fingerprint density at radius 2 is 1.66 bits per heavy atom. The highest BCUT2D eigenvalue weighted by Crippen LogP contribution is 2.13. The number of Topliss-reactive ketones (excluding diaryl/α,β-unsaturated/α-hetero) is 1. The summed E-state index contributed by atoms with van der Waals surface area (Å²) in [6.07, 6.45) is 4.70. The number of nitrogens with zero attached hydrogens (tertiary/aromatic N) is 1. The number of carboxylic acid groups (broad SMARTS) is 1. The molecule has 3 rings (SSSR count). The van der Waals surface area contributed by atoms with Crippen LogP contribution in [-0.2, 0) is 16.1 Å². The number of carbonyl (C=O) groups excluding carboxylic acids is 2. The van der Waals surface area contributed by atoms with Gasteiger partial charge in [-0.05, 0) is 31.5 Å². The van der Waals surface area contributed by atoms with E-state index in [9.17, 15) is 14.4 Å². The second-order valence-electron chi connectivity index (χ2n) is 7.48. The maximum absolute atomic E-state index is 12.8. The Bertz CT molecular complexity index is 1120. The number of carboxylic acids is 1. The van der Waals surface area contributed by atoms with Gasteiger partial charge in [0.2, 0.25) is 5.78 Å². The molecular formula is C26H25NO5. The molecule has 1 N–H and O–H groups in total. The van der Waals surface area contributed by atoms with Crippen LogP contribution in [-0.4, -0.2) is 39.9 Å². The van der Waals surface area contributed by atoms with Crippen LogP contribution in [0.1, 0.15) is 44.5 Å². The van der Waals surface area contributed by atoms with E-state index in [-0.39, 0.29) is 18.2 Å². The van der Waals surface area contributed by atoms with E-state index in [0.29, 0.717) is 23.4 Å². The third-order valence-electron chi connectivity index (χ3n) is 5.03. The fraction of sp³-hybridized carbons (Fsp3) is 0.192. The monoisotopic (exact) mass is 431 g/mol. The van der Waals surface area contributed by atoms with E-state index in [2.05, 4.69) is 0 Å². The molecule has 1 atom stereocenters. The Hall–Kier alpha value is -3.77. The zero-order valence-electron chi connectivity index (χ0n) is 18.0. The lowest BCUT2D eigenvalue weighted by Crippen LogP contribution is -2.23. The minimum absolute atomic E-state index is 0.0225. The largest absolute Gasteiger partial charge is 0.479 e. The molecule has 1 aromatic heterocycles. The van der Waals surface area contributed by atoms with Gasteiger partial charge in [0.05, 0.1) is 5.69 Å². The van der Waals surface area contributed by atoms with Crippen LogP contribution in [0.15, 0.2) is 72.9 Å². The minimum Gasteiger partial charge on any atom is -0.479 e. The number of hydrogen-bond donors (Lipinski definition) is 1. The highest BCUT2D eigenvalue weighted by Gasteiger charge is 2.14. The van der Waals surface area contributed by atoms with E-state index in [1.54, 1.807) is 24.3 Å². The molecule has 0 radical (unpaired) electrons. The summed E-state index contributed by atoms with van der Waals surface area (Å²) in [5.74, 6) is -1.41. The summed E-state index contributed by atoms with van der Waals surface area (Å²) in [4.78, 5) is 35.7. The van der Waals surface area contributed by atoms with Crippen LogP contribution in [0.2, 0.25) is 0 Å². The third-order valence-corrected chi connectivity index (χ3v) is 5.03. The Labute approximate surface area is 186 Å². The van der Waals surface area contributed by atoms with E-state index in [1.165, 1.54) is 6.92 Å². The van der Waals surface area contributed by atoms with Crippen molar-refractivity contribution < 1.29 is 24.2 Å². The first-order valence-corrected chi connectivity index (χ1v) is 10.3. The summed E-state index contributed by atoms with van der Waals surface area (Å²) in [7, 11) is 0. The number of benzene rings is 2. The normalized spacial score (nSPS) is 12.1. The molecule has 3 aromatic rings. The average Bonchev–Trinajstić information content (AvgIpc) is 3.26. The molecule has 0 bridgehead atoms. The van der Waals surface area contributed by atoms with Gasteiger partial charge in [-0.1, -0.05) is 66.2 Å². The van der Waals surface area contributed by atoms with Gasteiger partial charge < -0.3 is 14.4 Å². The molecule has 0 spiro atoms. The van der Waals surface area contributed by atoms with Crippen molar-refractivity contribution >= 4 is 23.6 Å². The highest BCUT2D eigenvalue weighted by molar-refractivity contribution is 6.08. The van der Waals surface area contributed by atoms with Gasteiger partial charge in [-0.3, -0.25) is 9.59 Å². The molecule has 32 heavy (non-hydrogen) atoms. The predicted molar refractivity (Wildman–Crippen MR) is 122 cm³/mol. The number of aliphatic carboxylic acids is 1. The van der Waals surface area contributed by atoms with E-state index in [0.717, 1.165) is 11.1 Å². The summed E-state index contributed by atoms with van der Waals surface area (Å²) < 4.78 is 6.92. The van der Waals surface area contributed by atoms with Crippen molar-refractivity contribution in [1.82, 2.24) is 4.57 Å². The van der Waals surface area contributed by atoms with Gasteiger partial charge in [0.1, 0.15) is 6.61 Å². The summed E-state index contributed by atoms with van der Waals surface area (Å²) in [6.45, 7) is 3.61. The van der Waals surface area contributed by atoms with Crippen LogP contribution in [0.5, 0.6) is 0 Å². The number of carbonyl (C=O) groups is 3. The maximum atomic E-state index is 12.8. The summed E-state index contributed by atoms with van der Waals surface area (Å²) >= 11 is 0. The molecule has 0 saturated carbocycles. The van der Waals surface area contributed by atoms with Crippen molar-refractivity contribution in [3.05, 3.63) is 101 Å². The van der Waals surface area contributed by atoms with Crippen molar-refractivity contribution in [2.24, 2.45) is 0 Å². The number of allylic oxidation sites excluding steroid dienone is 1. The van der Waals surface area contributed by atoms with Crippen molar-refractivity contribution in [2.45, 2.75) is 26.5 Å². The quantitative estimate of drug-likeness (QED) is 0.481. The molecule has 2 aromatic carbocycles. The predicted octanol–water partition coefficient (Wildman–Crippen LogP) is 4.41. The van der Waals surface area contributed by atoms with Crippen LogP contribution in [0.25, 0.3) is 6.08 Å². The molecule has 0 fully saturated rings. The fourth-order valence-electron chi connectivity index (χ4n) is 3.07. The molecule has 6 heteroatoms. The SMILES string of the molecule is Cc1ccc(C(=O)c2cccn2C/C=C/c2ccc(C(=O)CO[C@H](C)C(=O)O)cc2)cc1. The molecule has 164 valence electrons. The van der Waals surface area contributed by atoms with Crippen molar-refractivity contribution in [3.8, 4) is 0 Å². The number of aryl methyl sites for hydroxylation is 1. The van der Waals surface area contributed by atoms with Gasteiger partial charge in [0, 0.05) is 23.9 Å². The standard InChI is InChI=1S/C26H25NO5/c1-18-7-11-22(12-8-18)25(29)23-6-4-16-27(23)15-3-5-20-9-13-21(14-10-20)24(28)17-32-19(2)26(30)31/h3-14,16,19H,15,17H2,1-2H3,(H,30,31)/b5-3+/t19-/m1/s1. The van der Waals surface area contributed by atoms with Crippen molar-refractivity contribution in [1.29, 1.82) is 0 Å². The van der Waals surface area contributed by atoms with E-state index >= 15 is 0 Å². The molecule has 0 unspecified atom stereocenters. The number of aromatic nitrogens is 1. The molecule has 0 amide bonds. The first-order valence-electron chi connectivity index (χ1n) is 10.3. The van der Waals surface area contributed by atoms with Crippen LogP contribution < -0.4 is 0 Å². The average molecular weight is 431 g/mol. The number of ether oxygens (including phenoxy) is 1. The summed E-state index contributed by atoms with van der Waals surface area (Å²) in [5, 5.41) is 8.80. The van der Waals surface area contributed by atoms with Gasteiger partial charge in [-0.2, -0.15) is 0 Å². The molecule has 1 heterocycles. The van der Waals surface area contributed by atoms with Gasteiger partial charge in [-0.25, -0.2) is 4.79 Å². The third kappa shape index (κ3) is 5.89. The van der Waals surface area contributed by atoms with Crippen LogP contribution >= 0.6 is 0 Å². The Morgan fingerprint density at radius 1 is 1.00 bits per heavy atom. The lowest BCUT2D eigenvalue weighted by molar-refractivity contribution is -0.148. The number of rotatable bonds is 10. The van der Waals surface area contributed by atoms with Crippen LogP contribution in [0.4, 0.5) is 0 Å². The minimum atomic E-state index is -1.11. The van der Waals surface area contributed by atoms with Gasteiger partial charge in [0.25, 0.3) is 0 Å². The van der Waals surface area contributed by atoms with E-state index in [4.69, 9.17) is 9.84 Å². The van der Waals surface area contributed by atoms with Crippen molar-refractivity contribution in [2.75, 3.05) is 6.61 Å². The molecule has 0 aliphatic heterocycles. The molecule has 0 saturated heterocycles. The first-order chi connectivity index (χ1) is 15.3. The first kappa shape index (κ1) is 22.9. The fourth-order valence-corrected chi connectivity index (χ4v) is 3.07. The second-order valence-corrected chi connectivity index (χ2v) is 7.48. The summed E-state index contributed by atoms with van der Waals surface area (Å²) in [5.41, 5.74) is 3.74. The Kier molecular flexibility index (Phi) is 7.52. The zero-order valence-corrected chi connectivity index (χ0v) is 18.0. The number of hydrogen-bond acceptors (Lipinski definition) is 4. The van der Waals surface area contributed by atoms with Gasteiger partial charge in [0.15, 0.2) is 11.9 Å². The van der Waals surface area contributed by atoms with Crippen LogP contribution in [0, 0.1) is 6.92 Å². The highest BCUT2D eigenvalue weighted by atomic mass is 16.5. The molecule has 0 aliphatic rings. The topological polar surface area (TPSA) is 85.6 Å². The Morgan fingerprint density at radius 3 is 2.31 bits per heavy atom. The zero-order chi connectivity index (χ0) is 23.1. The van der Waals surface area contributed by atoms with Gasteiger partial charge in [-0.15, -0.1) is 0 Å². The van der Waals surface area contributed by atoms with E-state index < -0.39 is 12.1 Å².